The molecular weight excluding hydrogens is 565 g/mol. The van der Waals surface area contributed by atoms with Crippen molar-refractivity contribution < 1.29 is 32.1 Å². The number of rotatable bonds is 5. The van der Waals surface area contributed by atoms with Gasteiger partial charge in [0.15, 0.2) is 11.4 Å². The number of carbonyl (C=O) groups excluding carboxylic acids is 3. The van der Waals surface area contributed by atoms with Gasteiger partial charge in [-0.1, -0.05) is 23.4 Å². The normalized spacial score (nSPS) is 25.0. The van der Waals surface area contributed by atoms with Crippen LogP contribution < -0.4 is 10.2 Å². The molecule has 2 atom stereocenters. The maximum Gasteiger partial charge on any atom is 0.275 e. The average Bonchev–Trinajstić information content (AvgIpc) is 3.54. The predicted molar refractivity (Wildman–Crippen MR) is 149 cm³/mol. The van der Waals surface area contributed by atoms with Crippen molar-refractivity contribution in [2.45, 2.75) is 50.4 Å². The van der Waals surface area contributed by atoms with E-state index in [9.17, 15) is 18.8 Å². The number of fused-ring (bicyclic) bond motifs is 2. The number of piperidine rings is 2. The van der Waals surface area contributed by atoms with Gasteiger partial charge >= 0.3 is 0 Å². The maximum atomic E-state index is 15.6. The fourth-order valence-electron chi connectivity index (χ4n) is 7.02. The topological polar surface area (TPSA) is 102 Å². The summed E-state index contributed by atoms with van der Waals surface area (Å²) in [6, 6.07) is 8.05. The van der Waals surface area contributed by atoms with Gasteiger partial charge in [0.05, 0.1) is 18.0 Å². The number of carbonyl (C=O) groups is 3. The minimum atomic E-state index is -2.96. The molecule has 4 aliphatic rings. The Kier molecular flexibility index (Phi) is 6.88. The molecule has 2 unspecified atom stereocenters. The van der Waals surface area contributed by atoms with Crippen LogP contribution in [0.4, 0.5) is 19.0 Å². The zero-order valence-corrected chi connectivity index (χ0v) is 23.4. The zero-order valence-electron chi connectivity index (χ0n) is 23.4. The van der Waals surface area contributed by atoms with E-state index in [4.69, 9.17) is 4.52 Å². The number of hydrogen-bond acceptors (Lipinski definition) is 8. The average molecular weight is 597 g/mol. The SMILES string of the molecule is O=C1CCC(N2Cc3cccc(CN4CCC(N5CCN(c6noc7cc(F)ccc67)CC5)C(F)(F)C4)c3C2=O)C(=O)N1. The molecule has 0 bridgehead atoms. The van der Waals surface area contributed by atoms with Gasteiger partial charge in [-0.25, -0.2) is 13.2 Å². The number of aromatic nitrogens is 1. The summed E-state index contributed by atoms with van der Waals surface area (Å²) in [5, 5.41) is 7.09. The Hall–Kier alpha value is -3.97. The van der Waals surface area contributed by atoms with Crippen LogP contribution in [0, 0.1) is 5.82 Å². The molecule has 2 aromatic carbocycles. The Morgan fingerprint density at radius 2 is 1.84 bits per heavy atom. The van der Waals surface area contributed by atoms with Crippen LogP contribution in [0.3, 0.4) is 0 Å². The van der Waals surface area contributed by atoms with Crippen molar-refractivity contribution in [3.63, 3.8) is 0 Å². The van der Waals surface area contributed by atoms with Gasteiger partial charge in [0.1, 0.15) is 11.9 Å². The number of piperazine rings is 1. The molecule has 1 N–H and O–H groups in total. The predicted octanol–water partition coefficient (Wildman–Crippen LogP) is 2.76. The molecule has 10 nitrogen and oxygen atoms in total. The first-order valence-electron chi connectivity index (χ1n) is 14.6. The summed E-state index contributed by atoms with van der Waals surface area (Å²) in [6.45, 7) is 2.35. The van der Waals surface area contributed by atoms with Gasteiger partial charge < -0.3 is 14.3 Å². The Morgan fingerprint density at radius 3 is 2.60 bits per heavy atom. The third-order valence-electron chi connectivity index (χ3n) is 9.14. The van der Waals surface area contributed by atoms with E-state index >= 15 is 8.78 Å². The van der Waals surface area contributed by atoms with E-state index in [1.807, 2.05) is 21.9 Å². The van der Waals surface area contributed by atoms with Crippen molar-refractivity contribution in [3.05, 3.63) is 58.9 Å². The van der Waals surface area contributed by atoms with Crippen molar-refractivity contribution in [3.8, 4) is 0 Å². The quantitative estimate of drug-likeness (QED) is 0.449. The fraction of sp³-hybridized carbons (Fsp3) is 0.467. The lowest BCUT2D eigenvalue weighted by molar-refractivity contribution is -0.137. The fourth-order valence-corrected chi connectivity index (χ4v) is 7.02. The number of halogens is 3. The van der Waals surface area contributed by atoms with Crippen molar-refractivity contribution in [1.29, 1.82) is 0 Å². The molecular formula is C30H31F3N6O4. The molecule has 3 aromatic rings. The molecule has 0 spiro atoms. The molecule has 3 fully saturated rings. The second-order valence-corrected chi connectivity index (χ2v) is 11.8. The summed E-state index contributed by atoms with van der Waals surface area (Å²) in [5.74, 6) is -3.91. The van der Waals surface area contributed by atoms with Gasteiger partial charge in [-0.2, -0.15) is 0 Å². The number of anilines is 1. The van der Waals surface area contributed by atoms with Crippen LogP contribution in [0.5, 0.6) is 0 Å². The molecule has 0 saturated carbocycles. The van der Waals surface area contributed by atoms with Gasteiger partial charge in [0.2, 0.25) is 11.8 Å². The molecule has 13 heteroatoms. The van der Waals surface area contributed by atoms with Crippen molar-refractivity contribution in [1.82, 2.24) is 25.2 Å². The highest BCUT2D eigenvalue weighted by atomic mass is 19.3. The van der Waals surface area contributed by atoms with Crippen LogP contribution in [0.2, 0.25) is 0 Å². The lowest BCUT2D eigenvalue weighted by atomic mass is 9.96. The molecule has 3 saturated heterocycles. The highest BCUT2D eigenvalue weighted by Gasteiger charge is 2.48. The summed E-state index contributed by atoms with van der Waals surface area (Å²) in [6.07, 6.45) is 0.717. The number of alkyl halides is 2. The first kappa shape index (κ1) is 27.8. The summed E-state index contributed by atoms with van der Waals surface area (Å²) >= 11 is 0. The van der Waals surface area contributed by atoms with Crippen LogP contribution in [0.15, 0.2) is 40.9 Å². The van der Waals surface area contributed by atoms with Crippen molar-refractivity contribution in [2.24, 2.45) is 0 Å². The molecule has 1 aromatic heterocycles. The lowest BCUT2D eigenvalue weighted by Crippen LogP contribution is -2.61. The summed E-state index contributed by atoms with van der Waals surface area (Å²) < 4.78 is 50.1. The first-order chi connectivity index (χ1) is 20.7. The second-order valence-electron chi connectivity index (χ2n) is 11.8. The molecule has 226 valence electrons. The molecule has 0 radical (unpaired) electrons. The number of benzene rings is 2. The van der Waals surface area contributed by atoms with E-state index in [1.54, 1.807) is 17.0 Å². The maximum absolute atomic E-state index is 15.6. The third-order valence-corrected chi connectivity index (χ3v) is 9.14. The molecule has 4 aliphatic heterocycles. The highest BCUT2D eigenvalue weighted by molar-refractivity contribution is 6.06. The molecule has 3 amide bonds. The minimum absolute atomic E-state index is 0.167. The first-order valence-corrected chi connectivity index (χ1v) is 14.6. The number of hydrogen-bond donors (Lipinski definition) is 1. The number of likely N-dealkylation sites (tertiary alicyclic amines) is 1. The van der Waals surface area contributed by atoms with Crippen molar-refractivity contribution >= 4 is 34.5 Å². The lowest BCUT2D eigenvalue weighted by Gasteiger charge is -2.46. The Labute approximate surface area is 245 Å². The summed E-state index contributed by atoms with van der Waals surface area (Å²) in [5.41, 5.74) is 2.25. The number of amides is 3. The van der Waals surface area contributed by atoms with E-state index in [-0.39, 0.29) is 44.2 Å². The van der Waals surface area contributed by atoms with Crippen LogP contribution in [-0.4, -0.2) is 94.9 Å². The van der Waals surface area contributed by atoms with Crippen LogP contribution >= 0.6 is 0 Å². The van der Waals surface area contributed by atoms with Crippen LogP contribution in [0.25, 0.3) is 11.0 Å². The number of nitrogens with one attached hydrogen (secondary N) is 1. The molecule has 5 heterocycles. The van der Waals surface area contributed by atoms with Crippen molar-refractivity contribution in [2.75, 3.05) is 44.2 Å². The molecule has 43 heavy (non-hydrogen) atoms. The van der Waals surface area contributed by atoms with E-state index in [2.05, 4.69) is 10.5 Å². The van der Waals surface area contributed by atoms with Gasteiger partial charge in [-0.05, 0) is 36.1 Å². The van der Waals surface area contributed by atoms with E-state index in [0.717, 1.165) is 5.56 Å². The Bertz CT molecular complexity index is 1600. The third kappa shape index (κ3) is 5.03. The largest absolute Gasteiger partial charge is 0.354 e. The van der Waals surface area contributed by atoms with E-state index in [0.29, 0.717) is 60.6 Å². The van der Waals surface area contributed by atoms with Gasteiger partial charge in [0, 0.05) is 63.9 Å². The standard InChI is InChI=1S/C30H31F3N6O4/c31-20-4-5-21-23(14-20)43-35-27(21)38-12-10-37(11-13-38)24-8-9-36(17-30(24,32)33)15-18-2-1-3-19-16-39(29(42)26(18)19)22-6-7-25(40)34-28(22)41/h1-5,14,22,24H,6-13,15-17H2,(H,34,40,41). The van der Waals surface area contributed by atoms with E-state index < -0.39 is 36.3 Å². The van der Waals surface area contributed by atoms with Gasteiger partial charge in [-0.3, -0.25) is 29.5 Å². The van der Waals surface area contributed by atoms with E-state index in [1.165, 1.54) is 17.0 Å². The van der Waals surface area contributed by atoms with Gasteiger partial charge in [0.25, 0.3) is 11.8 Å². The van der Waals surface area contributed by atoms with Crippen LogP contribution in [0.1, 0.15) is 40.7 Å². The number of nitrogens with zero attached hydrogens (tertiary/aromatic N) is 5. The Morgan fingerprint density at radius 1 is 1.02 bits per heavy atom. The molecule has 0 aliphatic carbocycles. The summed E-state index contributed by atoms with van der Waals surface area (Å²) in [4.78, 5) is 44.4. The van der Waals surface area contributed by atoms with Crippen LogP contribution in [-0.2, 0) is 22.7 Å². The second kappa shape index (κ2) is 10.6. The van der Waals surface area contributed by atoms with Gasteiger partial charge in [-0.15, -0.1) is 0 Å². The highest BCUT2D eigenvalue weighted by Crippen LogP contribution is 2.36. The summed E-state index contributed by atoms with van der Waals surface area (Å²) in [7, 11) is 0. The minimum Gasteiger partial charge on any atom is -0.354 e. The zero-order chi connectivity index (χ0) is 29.9. The monoisotopic (exact) mass is 596 g/mol. The number of imide groups is 1. The molecule has 7 rings (SSSR count). The Balaban J connectivity index is 0.990. The smallest absolute Gasteiger partial charge is 0.275 e.